The second-order valence-electron chi connectivity index (χ2n) is 5.60. The fraction of sp³-hybridized carbons (Fsp3) is 0.600. The molecule has 0 spiro atoms. The molecule has 116 valence electrons. The number of nitro benzene ring substituents is 1. The van der Waals surface area contributed by atoms with E-state index in [2.05, 4.69) is 10.2 Å². The first-order valence-corrected chi connectivity index (χ1v) is 7.31. The van der Waals surface area contributed by atoms with E-state index in [1.807, 2.05) is 13.1 Å². The number of hydrogen-bond donors (Lipinski definition) is 1. The molecule has 1 unspecified atom stereocenters. The van der Waals surface area contributed by atoms with Gasteiger partial charge in [-0.05, 0) is 50.5 Å². The molecule has 0 bridgehead atoms. The molecule has 1 aliphatic heterocycles. The van der Waals surface area contributed by atoms with Crippen LogP contribution in [0.4, 0.5) is 5.69 Å². The quantitative estimate of drug-likeness (QED) is 0.642. The molecule has 0 aromatic heterocycles. The highest BCUT2D eigenvalue weighted by Gasteiger charge is 2.20. The molecule has 21 heavy (non-hydrogen) atoms. The predicted molar refractivity (Wildman–Crippen MR) is 81.6 cm³/mol. The molecule has 1 aromatic rings. The van der Waals surface area contributed by atoms with Crippen LogP contribution < -0.4 is 10.1 Å². The molecule has 1 heterocycles. The monoisotopic (exact) mass is 293 g/mol. The van der Waals surface area contributed by atoms with Crippen molar-refractivity contribution >= 4 is 5.69 Å². The predicted octanol–water partition coefficient (Wildman–Crippen LogP) is 2.03. The Balaban J connectivity index is 2.07. The summed E-state index contributed by atoms with van der Waals surface area (Å²) in [5, 5.41) is 14.2. The molecule has 0 amide bonds. The lowest BCUT2D eigenvalue weighted by atomic mass is 9.97. The zero-order chi connectivity index (χ0) is 15.2. The van der Waals surface area contributed by atoms with Crippen LogP contribution in [0.25, 0.3) is 0 Å². The first kappa shape index (κ1) is 15.7. The van der Waals surface area contributed by atoms with Gasteiger partial charge in [0.1, 0.15) is 5.75 Å². The van der Waals surface area contributed by atoms with Crippen molar-refractivity contribution in [2.45, 2.75) is 19.4 Å². The molecular weight excluding hydrogens is 270 g/mol. The summed E-state index contributed by atoms with van der Waals surface area (Å²) in [7, 11) is 3.51. The molecule has 6 heteroatoms. The average molecular weight is 293 g/mol. The first-order chi connectivity index (χ1) is 10.1. The van der Waals surface area contributed by atoms with E-state index in [-0.39, 0.29) is 10.6 Å². The zero-order valence-electron chi connectivity index (χ0n) is 12.7. The van der Waals surface area contributed by atoms with Crippen molar-refractivity contribution < 1.29 is 9.66 Å². The van der Waals surface area contributed by atoms with E-state index < -0.39 is 0 Å². The molecule has 2 rings (SSSR count). The van der Waals surface area contributed by atoms with Crippen LogP contribution in [-0.4, -0.2) is 43.6 Å². The highest BCUT2D eigenvalue weighted by molar-refractivity contribution is 5.42. The molecule has 1 saturated heterocycles. The third-order valence-electron chi connectivity index (χ3n) is 3.90. The zero-order valence-corrected chi connectivity index (χ0v) is 12.7. The maximum atomic E-state index is 11.0. The minimum Gasteiger partial charge on any atom is -0.496 e. The van der Waals surface area contributed by atoms with Crippen LogP contribution in [0.5, 0.6) is 5.75 Å². The average Bonchev–Trinajstić information content (AvgIpc) is 2.47. The van der Waals surface area contributed by atoms with Crippen molar-refractivity contribution in [2.24, 2.45) is 5.92 Å². The Morgan fingerprint density at radius 3 is 2.95 bits per heavy atom. The number of nitrogens with one attached hydrogen (secondary N) is 1. The van der Waals surface area contributed by atoms with Gasteiger partial charge in [-0.15, -0.1) is 0 Å². The van der Waals surface area contributed by atoms with Gasteiger partial charge in [0.2, 0.25) is 0 Å². The van der Waals surface area contributed by atoms with Gasteiger partial charge in [0, 0.05) is 19.2 Å². The lowest BCUT2D eigenvalue weighted by Crippen LogP contribution is -2.38. The normalized spacial score (nSPS) is 19.4. The van der Waals surface area contributed by atoms with E-state index in [4.69, 9.17) is 4.74 Å². The van der Waals surface area contributed by atoms with Gasteiger partial charge >= 0.3 is 0 Å². The summed E-state index contributed by atoms with van der Waals surface area (Å²) in [6.07, 6.45) is 2.42. The number of piperidine rings is 1. The largest absolute Gasteiger partial charge is 0.496 e. The summed E-state index contributed by atoms with van der Waals surface area (Å²) < 4.78 is 5.16. The molecule has 0 saturated carbocycles. The summed E-state index contributed by atoms with van der Waals surface area (Å²) in [6, 6.07) is 4.99. The number of nitro groups is 1. The van der Waals surface area contributed by atoms with Crippen LogP contribution in [0.2, 0.25) is 0 Å². The summed E-state index contributed by atoms with van der Waals surface area (Å²) in [6.45, 7) is 3.84. The molecule has 1 aliphatic rings. The standard InChI is InChI=1S/C15H23N3O3/c1-16-9-12-4-3-5-17(10-12)11-13-6-14(18(19)20)8-15(7-13)21-2/h6-8,12,16H,3-5,9-11H2,1-2H3. The molecule has 0 aliphatic carbocycles. The van der Waals surface area contributed by atoms with Crippen molar-refractivity contribution in [3.63, 3.8) is 0 Å². The SMILES string of the molecule is CNCC1CCCN(Cc2cc(OC)cc([N+](=O)[O-])c2)C1. The van der Waals surface area contributed by atoms with Crippen molar-refractivity contribution in [3.05, 3.63) is 33.9 Å². The maximum absolute atomic E-state index is 11.0. The number of benzene rings is 1. The van der Waals surface area contributed by atoms with Crippen molar-refractivity contribution in [2.75, 3.05) is 33.8 Å². The molecule has 0 radical (unpaired) electrons. The van der Waals surface area contributed by atoms with Gasteiger partial charge in [0.15, 0.2) is 0 Å². The number of methoxy groups -OCH3 is 1. The third kappa shape index (κ3) is 4.41. The van der Waals surface area contributed by atoms with E-state index in [0.717, 1.165) is 31.7 Å². The summed E-state index contributed by atoms with van der Waals surface area (Å²) in [4.78, 5) is 13.0. The highest BCUT2D eigenvalue weighted by atomic mass is 16.6. The van der Waals surface area contributed by atoms with E-state index in [1.165, 1.54) is 26.0 Å². The van der Waals surface area contributed by atoms with Gasteiger partial charge in [-0.25, -0.2) is 0 Å². The fourth-order valence-corrected chi connectivity index (χ4v) is 2.97. The molecule has 1 atom stereocenters. The van der Waals surface area contributed by atoms with Crippen LogP contribution in [0.3, 0.4) is 0 Å². The number of rotatable bonds is 6. The van der Waals surface area contributed by atoms with Crippen LogP contribution in [0.15, 0.2) is 18.2 Å². The lowest BCUT2D eigenvalue weighted by Gasteiger charge is -2.32. The van der Waals surface area contributed by atoms with Crippen molar-refractivity contribution in [1.82, 2.24) is 10.2 Å². The highest BCUT2D eigenvalue weighted by Crippen LogP contribution is 2.25. The third-order valence-corrected chi connectivity index (χ3v) is 3.90. The summed E-state index contributed by atoms with van der Waals surface area (Å²) >= 11 is 0. The number of hydrogen-bond acceptors (Lipinski definition) is 5. The number of ether oxygens (including phenoxy) is 1. The van der Waals surface area contributed by atoms with E-state index >= 15 is 0 Å². The van der Waals surface area contributed by atoms with Crippen molar-refractivity contribution in [1.29, 1.82) is 0 Å². The van der Waals surface area contributed by atoms with Crippen molar-refractivity contribution in [3.8, 4) is 5.75 Å². The molecule has 6 nitrogen and oxygen atoms in total. The Kier molecular flexibility index (Phi) is 5.52. The summed E-state index contributed by atoms with van der Waals surface area (Å²) in [5.41, 5.74) is 1.03. The van der Waals surface area contributed by atoms with Gasteiger partial charge < -0.3 is 10.1 Å². The van der Waals surface area contributed by atoms with Gasteiger partial charge in [0.05, 0.1) is 18.1 Å². The van der Waals surface area contributed by atoms with E-state index in [1.54, 1.807) is 6.07 Å². The van der Waals surface area contributed by atoms with Gasteiger partial charge in [-0.2, -0.15) is 0 Å². The van der Waals surface area contributed by atoms with Gasteiger partial charge in [-0.1, -0.05) is 0 Å². The lowest BCUT2D eigenvalue weighted by molar-refractivity contribution is -0.385. The van der Waals surface area contributed by atoms with Crippen LogP contribution in [-0.2, 0) is 6.54 Å². The van der Waals surface area contributed by atoms with Crippen LogP contribution in [0.1, 0.15) is 18.4 Å². The van der Waals surface area contributed by atoms with Crippen LogP contribution >= 0.6 is 0 Å². The minimum atomic E-state index is -0.369. The smallest absolute Gasteiger partial charge is 0.273 e. The first-order valence-electron chi connectivity index (χ1n) is 7.31. The Morgan fingerprint density at radius 1 is 1.48 bits per heavy atom. The van der Waals surface area contributed by atoms with Gasteiger partial charge in [-0.3, -0.25) is 15.0 Å². The maximum Gasteiger partial charge on any atom is 0.273 e. The Labute approximate surface area is 125 Å². The van der Waals surface area contributed by atoms with Gasteiger partial charge in [0.25, 0.3) is 5.69 Å². The minimum absolute atomic E-state index is 0.0909. The molecule has 1 fully saturated rings. The topological polar surface area (TPSA) is 67.6 Å². The van der Waals surface area contributed by atoms with E-state index in [9.17, 15) is 10.1 Å². The molecule has 1 N–H and O–H groups in total. The second kappa shape index (κ2) is 7.38. The van der Waals surface area contributed by atoms with E-state index in [0.29, 0.717) is 11.7 Å². The summed E-state index contributed by atoms with van der Waals surface area (Å²) in [5.74, 6) is 1.20. The Hall–Kier alpha value is -1.66. The number of nitrogens with zero attached hydrogens (tertiary/aromatic N) is 2. The second-order valence-corrected chi connectivity index (χ2v) is 5.60. The number of likely N-dealkylation sites (tertiary alicyclic amines) is 1. The number of non-ortho nitro benzene ring substituents is 1. The fourth-order valence-electron chi connectivity index (χ4n) is 2.97. The Bertz CT molecular complexity index is 491. The molecular formula is C15H23N3O3. The van der Waals surface area contributed by atoms with Crippen LogP contribution in [0, 0.1) is 16.0 Å². The molecule has 1 aromatic carbocycles. The Morgan fingerprint density at radius 2 is 2.29 bits per heavy atom.